The van der Waals surface area contributed by atoms with Crippen molar-refractivity contribution in [3.63, 3.8) is 0 Å². The molecule has 0 fully saturated rings. The van der Waals surface area contributed by atoms with Crippen LogP contribution in [0.25, 0.3) is 0 Å². The topological polar surface area (TPSA) is 40.5 Å². The maximum absolute atomic E-state index is 12.5. The minimum absolute atomic E-state index is 0.0561. The molecular formula is C16H25NO2. The van der Waals surface area contributed by atoms with Crippen molar-refractivity contribution in [1.82, 2.24) is 4.90 Å². The Hall–Kier alpha value is -1.51. The highest BCUT2D eigenvalue weighted by Gasteiger charge is 2.18. The van der Waals surface area contributed by atoms with E-state index in [0.717, 1.165) is 44.3 Å². The summed E-state index contributed by atoms with van der Waals surface area (Å²) < 4.78 is 0. The van der Waals surface area contributed by atoms with E-state index in [1.54, 1.807) is 12.1 Å². The van der Waals surface area contributed by atoms with E-state index in [4.69, 9.17) is 0 Å². The molecule has 0 unspecified atom stereocenters. The second-order valence-corrected chi connectivity index (χ2v) is 5.02. The van der Waals surface area contributed by atoms with Crippen molar-refractivity contribution < 1.29 is 9.90 Å². The summed E-state index contributed by atoms with van der Waals surface area (Å²) >= 11 is 0. The molecule has 0 bridgehead atoms. The predicted octanol–water partition coefficient (Wildman–Crippen LogP) is 3.74. The molecule has 0 spiro atoms. The molecular weight excluding hydrogens is 238 g/mol. The van der Waals surface area contributed by atoms with Crippen LogP contribution < -0.4 is 0 Å². The van der Waals surface area contributed by atoms with E-state index in [-0.39, 0.29) is 11.7 Å². The molecule has 1 rings (SSSR count). The van der Waals surface area contributed by atoms with E-state index in [2.05, 4.69) is 13.8 Å². The van der Waals surface area contributed by atoms with Gasteiger partial charge in [-0.2, -0.15) is 0 Å². The number of unbranched alkanes of at least 4 members (excludes halogenated alkanes) is 2. The van der Waals surface area contributed by atoms with Crippen LogP contribution in [0.5, 0.6) is 5.75 Å². The molecule has 106 valence electrons. The first-order valence-electron chi connectivity index (χ1n) is 7.19. The molecule has 0 heterocycles. The monoisotopic (exact) mass is 263 g/mol. The van der Waals surface area contributed by atoms with Crippen molar-refractivity contribution in [1.29, 1.82) is 0 Å². The number of benzene rings is 1. The van der Waals surface area contributed by atoms with Crippen LogP contribution in [0.15, 0.2) is 18.2 Å². The maximum atomic E-state index is 12.5. The van der Waals surface area contributed by atoms with Crippen molar-refractivity contribution in [2.45, 2.75) is 46.5 Å². The number of phenols is 1. The lowest BCUT2D eigenvalue weighted by Crippen LogP contribution is -2.33. The van der Waals surface area contributed by atoms with Gasteiger partial charge in [0.05, 0.1) is 5.56 Å². The van der Waals surface area contributed by atoms with Crippen LogP contribution in [-0.4, -0.2) is 29.0 Å². The van der Waals surface area contributed by atoms with E-state index in [1.165, 1.54) is 0 Å². The Morgan fingerprint density at radius 3 is 2.21 bits per heavy atom. The smallest absolute Gasteiger partial charge is 0.257 e. The van der Waals surface area contributed by atoms with E-state index in [0.29, 0.717) is 5.56 Å². The molecule has 0 aliphatic carbocycles. The fraction of sp³-hybridized carbons (Fsp3) is 0.562. The minimum Gasteiger partial charge on any atom is -0.507 e. The minimum atomic E-state index is -0.0561. The third kappa shape index (κ3) is 4.58. The maximum Gasteiger partial charge on any atom is 0.257 e. The third-order valence-electron chi connectivity index (χ3n) is 3.23. The van der Waals surface area contributed by atoms with Gasteiger partial charge in [-0.25, -0.2) is 0 Å². The number of aromatic hydroxyl groups is 1. The highest BCUT2D eigenvalue weighted by atomic mass is 16.3. The Morgan fingerprint density at radius 2 is 1.74 bits per heavy atom. The van der Waals surface area contributed by atoms with Crippen LogP contribution in [0.4, 0.5) is 0 Å². The summed E-state index contributed by atoms with van der Waals surface area (Å²) in [6.07, 6.45) is 4.13. The summed E-state index contributed by atoms with van der Waals surface area (Å²) in [5.74, 6) is 0.0300. The van der Waals surface area contributed by atoms with Gasteiger partial charge in [-0.3, -0.25) is 4.79 Å². The van der Waals surface area contributed by atoms with Gasteiger partial charge >= 0.3 is 0 Å². The number of carbonyl (C=O) groups is 1. The van der Waals surface area contributed by atoms with Crippen molar-refractivity contribution in [2.75, 3.05) is 13.1 Å². The highest BCUT2D eigenvalue weighted by Crippen LogP contribution is 2.20. The van der Waals surface area contributed by atoms with Gasteiger partial charge in [0, 0.05) is 13.1 Å². The number of carbonyl (C=O) groups excluding carboxylic acids is 1. The zero-order valence-electron chi connectivity index (χ0n) is 12.3. The lowest BCUT2D eigenvalue weighted by molar-refractivity contribution is 0.0748. The number of hydrogen-bond donors (Lipinski definition) is 1. The van der Waals surface area contributed by atoms with Gasteiger partial charge in [0.25, 0.3) is 5.91 Å². The second-order valence-electron chi connectivity index (χ2n) is 5.02. The van der Waals surface area contributed by atoms with Crippen molar-refractivity contribution in [2.24, 2.45) is 0 Å². The molecule has 0 radical (unpaired) electrons. The Bertz CT molecular complexity index is 407. The summed E-state index contributed by atoms with van der Waals surface area (Å²) in [6.45, 7) is 7.67. The van der Waals surface area contributed by atoms with E-state index in [1.807, 2.05) is 17.9 Å². The third-order valence-corrected chi connectivity index (χ3v) is 3.23. The number of phenolic OH excluding ortho intramolecular Hbond substituents is 1. The lowest BCUT2D eigenvalue weighted by Gasteiger charge is -2.23. The van der Waals surface area contributed by atoms with Crippen molar-refractivity contribution in [3.8, 4) is 5.75 Å². The largest absolute Gasteiger partial charge is 0.507 e. The number of hydrogen-bond acceptors (Lipinski definition) is 2. The van der Waals surface area contributed by atoms with Crippen LogP contribution >= 0.6 is 0 Å². The first kappa shape index (κ1) is 15.5. The molecule has 1 aromatic rings. The van der Waals surface area contributed by atoms with Gasteiger partial charge in [0.15, 0.2) is 0 Å². The first-order chi connectivity index (χ1) is 9.10. The van der Waals surface area contributed by atoms with Gasteiger partial charge in [-0.1, -0.05) is 32.8 Å². The zero-order chi connectivity index (χ0) is 14.3. The molecule has 0 aromatic heterocycles. The number of rotatable bonds is 7. The van der Waals surface area contributed by atoms with E-state index in [9.17, 15) is 9.90 Å². The average molecular weight is 263 g/mol. The average Bonchev–Trinajstić information content (AvgIpc) is 2.38. The SMILES string of the molecule is CCCCN(CCCC)C(=O)c1ccc(C)cc1O. The van der Waals surface area contributed by atoms with Crippen LogP contribution in [0, 0.1) is 6.92 Å². The molecule has 1 N–H and O–H groups in total. The van der Waals surface area contributed by atoms with Gasteiger partial charge in [-0.05, 0) is 37.5 Å². The first-order valence-corrected chi connectivity index (χ1v) is 7.19. The Balaban J connectivity index is 2.84. The molecule has 0 saturated heterocycles. The fourth-order valence-corrected chi connectivity index (χ4v) is 2.01. The van der Waals surface area contributed by atoms with Gasteiger partial charge in [-0.15, -0.1) is 0 Å². The quantitative estimate of drug-likeness (QED) is 0.814. The molecule has 19 heavy (non-hydrogen) atoms. The standard InChI is InChI=1S/C16H25NO2/c1-4-6-10-17(11-7-5-2)16(19)14-9-8-13(3)12-15(14)18/h8-9,12,18H,4-7,10-11H2,1-3H3. The molecule has 1 amide bonds. The molecule has 0 saturated carbocycles. The normalized spacial score (nSPS) is 10.5. The summed E-state index contributed by atoms with van der Waals surface area (Å²) in [4.78, 5) is 14.3. The number of aryl methyl sites for hydroxylation is 1. The summed E-state index contributed by atoms with van der Waals surface area (Å²) in [5, 5.41) is 9.91. The molecule has 0 atom stereocenters. The Labute approximate surface area is 116 Å². The molecule has 1 aromatic carbocycles. The summed E-state index contributed by atoms with van der Waals surface area (Å²) in [5.41, 5.74) is 1.38. The fourth-order valence-electron chi connectivity index (χ4n) is 2.01. The van der Waals surface area contributed by atoms with Crippen molar-refractivity contribution in [3.05, 3.63) is 29.3 Å². The number of nitrogens with zero attached hydrogens (tertiary/aromatic N) is 1. The van der Waals surface area contributed by atoms with Crippen LogP contribution in [0.1, 0.15) is 55.5 Å². The highest BCUT2D eigenvalue weighted by molar-refractivity contribution is 5.96. The molecule has 3 heteroatoms. The van der Waals surface area contributed by atoms with Gasteiger partial charge in [0.1, 0.15) is 5.75 Å². The number of amides is 1. The summed E-state index contributed by atoms with van der Waals surface area (Å²) in [7, 11) is 0. The summed E-state index contributed by atoms with van der Waals surface area (Å²) in [6, 6.07) is 5.23. The zero-order valence-corrected chi connectivity index (χ0v) is 12.3. The lowest BCUT2D eigenvalue weighted by atomic mass is 10.1. The molecule has 0 aliphatic heterocycles. The van der Waals surface area contributed by atoms with Gasteiger partial charge in [0.2, 0.25) is 0 Å². The second kappa shape index (κ2) is 7.82. The van der Waals surface area contributed by atoms with E-state index < -0.39 is 0 Å². The van der Waals surface area contributed by atoms with Crippen molar-refractivity contribution >= 4 is 5.91 Å². The van der Waals surface area contributed by atoms with Crippen LogP contribution in [0.3, 0.4) is 0 Å². The molecule has 0 aliphatic rings. The predicted molar refractivity (Wildman–Crippen MR) is 78.6 cm³/mol. The Morgan fingerprint density at radius 1 is 1.16 bits per heavy atom. The van der Waals surface area contributed by atoms with Crippen LogP contribution in [0.2, 0.25) is 0 Å². The van der Waals surface area contributed by atoms with Gasteiger partial charge < -0.3 is 10.0 Å². The van der Waals surface area contributed by atoms with Crippen LogP contribution in [-0.2, 0) is 0 Å². The molecule has 3 nitrogen and oxygen atoms in total. The van der Waals surface area contributed by atoms with E-state index >= 15 is 0 Å². The Kier molecular flexibility index (Phi) is 6.40.